The van der Waals surface area contributed by atoms with E-state index in [1.54, 1.807) is 0 Å². The lowest BCUT2D eigenvalue weighted by atomic mass is 10.2. The molecule has 0 atom stereocenters. The van der Waals surface area contributed by atoms with Gasteiger partial charge in [0.05, 0.1) is 0 Å². The normalized spacial score (nSPS) is 10.8. The maximum atomic E-state index is 11.8. The van der Waals surface area contributed by atoms with Crippen LogP contribution in [0.1, 0.15) is 19.0 Å². The second-order valence-electron chi connectivity index (χ2n) is 4.53. The molecule has 2 N–H and O–H groups in total. The largest absolute Gasteiger partial charge is 0.350 e. The maximum Gasteiger partial charge on any atom is 0.350 e. The molecule has 2 aromatic heterocycles. The van der Waals surface area contributed by atoms with Crippen molar-refractivity contribution in [1.29, 1.82) is 0 Å². The smallest absolute Gasteiger partial charge is 0.325 e. The molecule has 0 unspecified atom stereocenters. The topological polar surface area (TPSA) is 75.1 Å². The van der Waals surface area contributed by atoms with E-state index in [9.17, 15) is 4.79 Å². The lowest BCUT2D eigenvalue weighted by Crippen LogP contribution is -2.15. The van der Waals surface area contributed by atoms with Gasteiger partial charge in [-0.25, -0.2) is 19.3 Å². The van der Waals surface area contributed by atoms with Crippen LogP contribution >= 0.6 is 0 Å². The van der Waals surface area contributed by atoms with Crippen LogP contribution in [0, 0.1) is 0 Å². The fourth-order valence-electron chi connectivity index (χ4n) is 2.10. The first-order valence-corrected chi connectivity index (χ1v) is 6.57. The SMILES string of the molecule is CCCc1cc2n[nH]c(=O)n2c(Nc2ccccc2)n1. The molecule has 0 bridgehead atoms. The molecule has 2 heterocycles. The van der Waals surface area contributed by atoms with Gasteiger partial charge in [-0.05, 0) is 18.6 Å². The fourth-order valence-corrected chi connectivity index (χ4v) is 2.10. The zero-order valence-electron chi connectivity index (χ0n) is 11.1. The van der Waals surface area contributed by atoms with E-state index in [0.29, 0.717) is 11.6 Å². The van der Waals surface area contributed by atoms with Crippen molar-refractivity contribution in [1.82, 2.24) is 19.6 Å². The molecule has 0 aliphatic rings. The summed E-state index contributed by atoms with van der Waals surface area (Å²) < 4.78 is 1.44. The number of nitrogens with one attached hydrogen (secondary N) is 2. The van der Waals surface area contributed by atoms with Gasteiger partial charge in [0.2, 0.25) is 5.95 Å². The molecular weight excluding hydrogens is 254 g/mol. The van der Waals surface area contributed by atoms with Crippen LogP contribution < -0.4 is 11.0 Å². The van der Waals surface area contributed by atoms with E-state index in [0.717, 1.165) is 24.2 Å². The number of H-pyrrole nitrogens is 1. The average Bonchev–Trinajstić information content (AvgIpc) is 2.82. The Kier molecular flexibility index (Phi) is 3.20. The first-order valence-electron chi connectivity index (χ1n) is 6.57. The number of hydrogen-bond acceptors (Lipinski definition) is 4. The van der Waals surface area contributed by atoms with E-state index in [4.69, 9.17) is 0 Å². The first kappa shape index (κ1) is 12.4. The molecule has 0 aliphatic carbocycles. The molecule has 3 aromatic rings. The molecule has 102 valence electrons. The molecule has 0 spiro atoms. The second kappa shape index (κ2) is 5.16. The number of aromatic amines is 1. The van der Waals surface area contributed by atoms with Gasteiger partial charge in [-0.3, -0.25) is 0 Å². The van der Waals surface area contributed by atoms with Crippen LogP contribution in [-0.2, 0) is 6.42 Å². The van der Waals surface area contributed by atoms with Gasteiger partial charge >= 0.3 is 5.69 Å². The monoisotopic (exact) mass is 269 g/mol. The summed E-state index contributed by atoms with van der Waals surface area (Å²) >= 11 is 0. The van der Waals surface area contributed by atoms with Crippen LogP contribution in [0.15, 0.2) is 41.2 Å². The van der Waals surface area contributed by atoms with Gasteiger partial charge in [-0.15, -0.1) is 0 Å². The zero-order valence-corrected chi connectivity index (χ0v) is 11.1. The maximum absolute atomic E-state index is 11.8. The number of benzene rings is 1. The number of aryl methyl sites for hydroxylation is 1. The van der Waals surface area contributed by atoms with Crippen LogP contribution in [0.5, 0.6) is 0 Å². The van der Waals surface area contributed by atoms with E-state index >= 15 is 0 Å². The minimum atomic E-state index is -0.297. The van der Waals surface area contributed by atoms with Crippen molar-refractivity contribution in [3.63, 3.8) is 0 Å². The van der Waals surface area contributed by atoms with Crippen molar-refractivity contribution in [3.8, 4) is 0 Å². The number of nitrogens with zero attached hydrogens (tertiary/aromatic N) is 3. The molecule has 1 aromatic carbocycles. The lowest BCUT2D eigenvalue weighted by molar-refractivity contribution is 0.869. The summed E-state index contributed by atoms with van der Waals surface area (Å²) in [4.78, 5) is 16.3. The van der Waals surface area contributed by atoms with Crippen molar-refractivity contribution < 1.29 is 0 Å². The predicted molar refractivity (Wildman–Crippen MR) is 77.3 cm³/mol. The summed E-state index contributed by atoms with van der Waals surface area (Å²) in [7, 11) is 0. The minimum Gasteiger partial charge on any atom is -0.325 e. The van der Waals surface area contributed by atoms with E-state index in [-0.39, 0.29) is 5.69 Å². The molecule has 0 amide bonds. The van der Waals surface area contributed by atoms with Crippen molar-refractivity contribution in [2.24, 2.45) is 0 Å². The van der Waals surface area contributed by atoms with Crippen molar-refractivity contribution >= 4 is 17.3 Å². The summed E-state index contributed by atoms with van der Waals surface area (Å²) in [5, 5.41) is 9.62. The van der Waals surface area contributed by atoms with Gasteiger partial charge in [-0.1, -0.05) is 31.5 Å². The van der Waals surface area contributed by atoms with Crippen LogP contribution in [0.25, 0.3) is 5.65 Å². The third kappa shape index (κ3) is 2.27. The molecule has 0 saturated heterocycles. The van der Waals surface area contributed by atoms with Crippen molar-refractivity contribution in [3.05, 3.63) is 52.6 Å². The Balaban J connectivity index is 2.11. The molecule has 6 heteroatoms. The van der Waals surface area contributed by atoms with Gasteiger partial charge in [0.1, 0.15) is 0 Å². The summed E-state index contributed by atoms with van der Waals surface area (Å²) in [6.45, 7) is 2.09. The molecule has 0 aliphatic heterocycles. The summed E-state index contributed by atoms with van der Waals surface area (Å²) in [6.07, 6.45) is 1.84. The van der Waals surface area contributed by atoms with Crippen LogP contribution in [0.3, 0.4) is 0 Å². The predicted octanol–water partition coefficient (Wildman–Crippen LogP) is 2.11. The van der Waals surface area contributed by atoms with Gasteiger partial charge in [0, 0.05) is 17.4 Å². The minimum absolute atomic E-state index is 0.297. The standard InChI is InChI=1S/C14H15N5O/c1-2-6-11-9-12-17-18-14(20)19(12)13(16-11)15-10-7-4-3-5-8-10/h3-5,7-9H,2,6H2,1H3,(H,15,16)(H,18,20). The molecule has 3 rings (SSSR count). The number of hydrogen-bond donors (Lipinski definition) is 2. The zero-order chi connectivity index (χ0) is 13.9. The molecule has 0 radical (unpaired) electrons. The Morgan fingerprint density at radius 2 is 2.10 bits per heavy atom. The summed E-state index contributed by atoms with van der Waals surface area (Å²) in [5.41, 5.74) is 2.07. The Morgan fingerprint density at radius 1 is 1.30 bits per heavy atom. The highest BCUT2D eigenvalue weighted by Crippen LogP contribution is 2.15. The summed E-state index contributed by atoms with van der Waals surface area (Å²) in [5.74, 6) is 0.482. The van der Waals surface area contributed by atoms with Crippen molar-refractivity contribution in [2.75, 3.05) is 5.32 Å². The van der Waals surface area contributed by atoms with Gasteiger partial charge in [0.25, 0.3) is 0 Å². The van der Waals surface area contributed by atoms with Crippen molar-refractivity contribution in [2.45, 2.75) is 19.8 Å². The van der Waals surface area contributed by atoms with E-state index in [1.165, 1.54) is 4.40 Å². The Bertz CT molecular complexity index is 775. The second-order valence-corrected chi connectivity index (χ2v) is 4.53. The molecule has 0 fully saturated rings. The molecule has 20 heavy (non-hydrogen) atoms. The highest BCUT2D eigenvalue weighted by atomic mass is 16.1. The van der Waals surface area contributed by atoms with Gasteiger partial charge in [-0.2, -0.15) is 5.10 Å². The van der Waals surface area contributed by atoms with E-state index in [2.05, 4.69) is 27.4 Å². The number of aromatic nitrogens is 4. The molecular formula is C14H15N5O. The third-order valence-corrected chi connectivity index (χ3v) is 2.99. The quantitative estimate of drug-likeness (QED) is 0.760. The molecule has 6 nitrogen and oxygen atoms in total. The Hall–Kier alpha value is -2.63. The van der Waals surface area contributed by atoms with Crippen LogP contribution in [0.4, 0.5) is 11.6 Å². The third-order valence-electron chi connectivity index (χ3n) is 2.99. The number of fused-ring (bicyclic) bond motifs is 1. The first-order chi connectivity index (χ1) is 9.78. The van der Waals surface area contributed by atoms with E-state index < -0.39 is 0 Å². The molecule has 0 saturated carbocycles. The van der Waals surface area contributed by atoms with Crippen LogP contribution in [0.2, 0.25) is 0 Å². The average molecular weight is 269 g/mol. The fraction of sp³-hybridized carbons (Fsp3) is 0.214. The Morgan fingerprint density at radius 3 is 2.85 bits per heavy atom. The van der Waals surface area contributed by atoms with Gasteiger partial charge < -0.3 is 5.32 Å². The van der Waals surface area contributed by atoms with E-state index in [1.807, 2.05) is 36.4 Å². The van der Waals surface area contributed by atoms with Gasteiger partial charge in [0.15, 0.2) is 5.65 Å². The summed E-state index contributed by atoms with van der Waals surface area (Å²) in [6, 6.07) is 11.5. The van der Waals surface area contributed by atoms with Crippen LogP contribution in [-0.4, -0.2) is 19.6 Å². The number of anilines is 2. The Labute approximate surface area is 115 Å². The number of rotatable bonds is 4. The lowest BCUT2D eigenvalue weighted by Gasteiger charge is -2.08. The number of para-hydroxylation sites is 1. The highest BCUT2D eigenvalue weighted by Gasteiger charge is 2.10. The highest BCUT2D eigenvalue weighted by molar-refractivity contribution is 5.56.